The Morgan fingerprint density at radius 3 is 2.21 bits per heavy atom. The highest BCUT2D eigenvalue weighted by molar-refractivity contribution is 7.36. The number of hydrogen-bond donors (Lipinski definition) is 0. The predicted octanol–water partition coefficient (Wildman–Crippen LogP) is 5.79. The summed E-state index contributed by atoms with van der Waals surface area (Å²) < 4.78 is 5.97. The lowest BCUT2D eigenvalue weighted by molar-refractivity contribution is 0.320. The molecule has 1 aromatic heterocycles. The van der Waals surface area contributed by atoms with Crippen LogP contribution in [0.1, 0.15) is 28.0 Å². The van der Waals surface area contributed by atoms with E-state index in [1.807, 2.05) is 6.07 Å². The van der Waals surface area contributed by atoms with E-state index in [2.05, 4.69) is 68.4 Å². The van der Waals surface area contributed by atoms with Crippen molar-refractivity contribution in [3.05, 3.63) is 82.6 Å². The maximum absolute atomic E-state index is 5.97. The van der Waals surface area contributed by atoms with Crippen LogP contribution in [0, 0.1) is 13.8 Å². The van der Waals surface area contributed by atoms with E-state index in [1.165, 1.54) is 41.0 Å². The van der Waals surface area contributed by atoms with Crippen LogP contribution < -0.4 is 0 Å². The average Bonchev–Trinajstić information content (AvgIpc) is 3.23. The molecule has 0 unspecified atom stereocenters. The van der Waals surface area contributed by atoms with Crippen LogP contribution in [0.4, 0.5) is 0 Å². The predicted molar refractivity (Wildman–Crippen MR) is 101 cm³/mol. The number of nitrogens with zero attached hydrogens (tertiary/aromatic N) is 1. The lowest BCUT2D eigenvalue weighted by atomic mass is 10.1. The molecule has 3 heteroatoms. The lowest BCUT2D eigenvalue weighted by Gasteiger charge is -2.10. The SMILES string of the molecule is Cc1c(C2=N[C@@H](c3ccccc3)CO2)[p-]c(-c2ccccc2)c1C. The van der Waals surface area contributed by atoms with Gasteiger partial charge in [0.15, 0.2) is 5.90 Å². The fourth-order valence-electron chi connectivity index (χ4n) is 3.07. The molecular formula is C21H19NOP-. The van der Waals surface area contributed by atoms with Gasteiger partial charge in [-0.3, -0.25) is 0 Å². The van der Waals surface area contributed by atoms with Crippen LogP contribution in [0.15, 0.2) is 65.7 Å². The van der Waals surface area contributed by atoms with Gasteiger partial charge < -0.3 is 12.9 Å². The Morgan fingerprint density at radius 1 is 0.875 bits per heavy atom. The summed E-state index contributed by atoms with van der Waals surface area (Å²) in [6, 6.07) is 21.1. The van der Waals surface area contributed by atoms with Gasteiger partial charge in [0.2, 0.25) is 0 Å². The van der Waals surface area contributed by atoms with Crippen molar-refractivity contribution in [3.63, 3.8) is 0 Å². The molecule has 120 valence electrons. The Kier molecular flexibility index (Phi) is 4.00. The molecule has 1 aliphatic rings. The quantitative estimate of drug-likeness (QED) is 0.595. The minimum atomic E-state index is 0.109. The number of aliphatic imine (C=N–C) groups is 1. The Bertz CT molecular complexity index is 881. The van der Waals surface area contributed by atoms with Gasteiger partial charge in [0.1, 0.15) is 12.6 Å². The van der Waals surface area contributed by atoms with E-state index in [0.717, 1.165) is 5.90 Å². The summed E-state index contributed by atoms with van der Waals surface area (Å²) in [5.41, 5.74) is 5.13. The van der Waals surface area contributed by atoms with Gasteiger partial charge in [-0.2, -0.15) is 5.30 Å². The zero-order chi connectivity index (χ0) is 16.5. The van der Waals surface area contributed by atoms with Crippen molar-refractivity contribution < 1.29 is 4.74 Å². The van der Waals surface area contributed by atoms with E-state index >= 15 is 0 Å². The third-order valence-corrected chi connectivity index (χ3v) is 6.15. The normalized spacial score (nSPS) is 17.1. The molecule has 0 aliphatic carbocycles. The van der Waals surface area contributed by atoms with Crippen LogP contribution >= 0.6 is 8.19 Å². The van der Waals surface area contributed by atoms with Gasteiger partial charge in [0.25, 0.3) is 0 Å². The Labute approximate surface area is 144 Å². The first-order chi connectivity index (χ1) is 11.7. The second-order valence-corrected chi connectivity index (χ2v) is 7.21. The van der Waals surface area contributed by atoms with E-state index in [0.29, 0.717) is 6.61 Å². The maximum Gasteiger partial charge on any atom is 0.184 e. The Hall–Kier alpha value is -2.31. The van der Waals surface area contributed by atoms with Gasteiger partial charge in [-0.1, -0.05) is 71.8 Å². The molecule has 0 amide bonds. The van der Waals surface area contributed by atoms with Crippen molar-refractivity contribution in [1.82, 2.24) is 0 Å². The molecule has 2 aromatic carbocycles. The molecule has 0 radical (unpaired) electrons. The molecule has 0 bridgehead atoms. The average molecular weight is 332 g/mol. The van der Waals surface area contributed by atoms with Crippen molar-refractivity contribution in [2.75, 3.05) is 6.61 Å². The third-order valence-electron chi connectivity index (χ3n) is 4.58. The summed E-state index contributed by atoms with van der Waals surface area (Å²) in [5, 5.41) is 2.57. The first-order valence-electron chi connectivity index (χ1n) is 8.19. The molecule has 0 spiro atoms. The number of ether oxygens (including phenoxy) is 1. The molecule has 24 heavy (non-hydrogen) atoms. The van der Waals surface area contributed by atoms with Crippen molar-refractivity contribution in [3.8, 4) is 10.9 Å². The van der Waals surface area contributed by atoms with E-state index in [1.54, 1.807) is 0 Å². The van der Waals surface area contributed by atoms with Crippen LogP contribution in [0.2, 0.25) is 0 Å². The van der Waals surface area contributed by atoms with Crippen molar-refractivity contribution in [2.45, 2.75) is 19.9 Å². The van der Waals surface area contributed by atoms with Crippen LogP contribution in [0.5, 0.6) is 0 Å². The summed E-state index contributed by atoms with van der Waals surface area (Å²) in [7, 11) is 1.20. The highest BCUT2D eigenvalue weighted by Crippen LogP contribution is 2.41. The maximum atomic E-state index is 5.97. The fraction of sp³-hybridized carbons (Fsp3) is 0.190. The molecule has 0 N–H and O–H groups in total. The molecule has 0 saturated heterocycles. The molecular weight excluding hydrogens is 313 g/mol. The van der Waals surface area contributed by atoms with Crippen LogP contribution in [0.25, 0.3) is 10.9 Å². The highest BCUT2D eigenvalue weighted by Gasteiger charge is 2.20. The van der Waals surface area contributed by atoms with Crippen LogP contribution in [0.3, 0.4) is 0 Å². The minimum Gasteiger partial charge on any atom is -0.509 e. The van der Waals surface area contributed by atoms with E-state index in [4.69, 9.17) is 9.73 Å². The van der Waals surface area contributed by atoms with E-state index in [-0.39, 0.29) is 6.04 Å². The zero-order valence-electron chi connectivity index (χ0n) is 13.9. The summed E-state index contributed by atoms with van der Waals surface area (Å²) in [6.07, 6.45) is 0. The summed E-state index contributed by atoms with van der Waals surface area (Å²) in [5.74, 6) is 0.813. The van der Waals surface area contributed by atoms with Crippen LogP contribution in [-0.2, 0) is 4.74 Å². The number of hydrogen-bond acceptors (Lipinski definition) is 2. The summed E-state index contributed by atoms with van der Waals surface area (Å²) in [6.45, 7) is 5.00. The Morgan fingerprint density at radius 2 is 1.50 bits per heavy atom. The van der Waals surface area contributed by atoms with E-state index in [9.17, 15) is 0 Å². The summed E-state index contributed by atoms with van der Waals surface area (Å²) in [4.78, 5) is 4.86. The fourth-order valence-corrected chi connectivity index (χ4v) is 4.46. The van der Waals surface area contributed by atoms with Gasteiger partial charge in [0.05, 0.1) is 0 Å². The molecule has 0 fully saturated rings. The second kappa shape index (κ2) is 6.30. The minimum absolute atomic E-state index is 0.109. The summed E-state index contributed by atoms with van der Waals surface area (Å²) >= 11 is 0. The van der Waals surface area contributed by atoms with Crippen molar-refractivity contribution >= 4 is 14.1 Å². The van der Waals surface area contributed by atoms with Crippen molar-refractivity contribution in [2.24, 2.45) is 4.99 Å². The molecule has 2 nitrogen and oxygen atoms in total. The van der Waals surface area contributed by atoms with Crippen molar-refractivity contribution in [1.29, 1.82) is 0 Å². The molecule has 2 heterocycles. The van der Waals surface area contributed by atoms with Crippen LogP contribution in [-0.4, -0.2) is 12.5 Å². The van der Waals surface area contributed by atoms with E-state index < -0.39 is 0 Å². The van der Waals surface area contributed by atoms with Gasteiger partial charge in [-0.25, -0.2) is 4.99 Å². The second-order valence-electron chi connectivity index (χ2n) is 6.10. The zero-order valence-corrected chi connectivity index (χ0v) is 14.8. The lowest BCUT2D eigenvalue weighted by Crippen LogP contribution is -2.00. The van der Waals surface area contributed by atoms with Gasteiger partial charge in [-0.05, 0) is 25.0 Å². The first kappa shape index (κ1) is 15.2. The monoisotopic (exact) mass is 332 g/mol. The number of rotatable bonds is 3. The first-order valence-corrected chi connectivity index (χ1v) is 9.08. The third kappa shape index (κ3) is 2.68. The number of benzene rings is 2. The van der Waals surface area contributed by atoms with Gasteiger partial charge in [-0.15, -0.1) is 5.30 Å². The molecule has 1 atom stereocenters. The largest absolute Gasteiger partial charge is 0.509 e. The molecule has 3 aromatic rings. The topological polar surface area (TPSA) is 21.6 Å². The molecule has 0 saturated carbocycles. The highest BCUT2D eigenvalue weighted by atomic mass is 31.0. The molecule has 4 rings (SSSR count). The Balaban J connectivity index is 1.71. The molecule has 1 aliphatic heterocycles. The van der Waals surface area contributed by atoms with Gasteiger partial charge in [0, 0.05) is 0 Å². The smallest absolute Gasteiger partial charge is 0.184 e. The van der Waals surface area contributed by atoms with Gasteiger partial charge >= 0.3 is 0 Å². The standard InChI is InChI=1S/C21H19NOP/c1-14-15(2)20(24-19(14)17-11-7-4-8-12-17)21-22-18(13-23-21)16-9-5-3-6-10-16/h3-12,18H,13H2,1-2H3/q-1/t18-/m1/s1.